The number of hydrogen-bond acceptors (Lipinski definition) is 5. The molecule has 0 aromatic carbocycles. The second-order valence-electron chi connectivity index (χ2n) is 2.75. The Kier molecular flexibility index (Phi) is 8.52. The fourth-order valence-corrected chi connectivity index (χ4v) is 0.893. The highest BCUT2D eigenvalue weighted by Crippen LogP contribution is 2.01. The largest absolute Gasteiger partial charge is 0.507 e. The van der Waals surface area contributed by atoms with Crippen LogP contribution in [0.15, 0.2) is 0 Å². The van der Waals surface area contributed by atoms with E-state index in [1.807, 2.05) is 0 Å². The summed E-state index contributed by atoms with van der Waals surface area (Å²) >= 11 is 0. The molecule has 5 heteroatoms. The van der Waals surface area contributed by atoms with Crippen molar-refractivity contribution in [3.05, 3.63) is 6.42 Å². The average molecular weight is 217 g/mol. The Bertz CT molecular complexity index is 190. The summed E-state index contributed by atoms with van der Waals surface area (Å²) in [4.78, 5) is 21.4. The molecule has 87 valence electrons. The highest BCUT2D eigenvalue weighted by molar-refractivity contribution is 5.69. The van der Waals surface area contributed by atoms with Crippen LogP contribution in [-0.4, -0.2) is 32.4 Å². The topological polar surface area (TPSA) is 61.8 Å². The van der Waals surface area contributed by atoms with Gasteiger partial charge in [0.1, 0.15) is 0 Å². The summed E-state index contributed by atoms with van der Waals surface area (Å²) in [6, 6.07) is 0. The Morgan fingerprint density at radius 3 is 2.60 bits per heavy atom. The van der Waals surface area contributed by atoms with Crippen LogP contribution in [0.3, 0.4) is 0 Å². The summed E-state index contributed by atoms with van der Waals surface area (Å²) in [7, 11) is 1.25. The van der Waals surface area contributed by atoms with Crippen LogP contribution in [0.2, 0.25) is 0 Å². The van der Waals surface area contributed by atoms with E-state index in [0.29, 0.717) is 25.9 Å². The minimum absolute atomic E-state index is 0.195. The van der Waals surface area contributed by atoms with Gasteiger partial charge in [0.25, 0.3) is 0 Å². The highest BCUT2D eigenvalue weighted by Gasteiger charge is 2.02. The zero-order valence-electron chi connectivity index (χ0n) is 9.15. The summed E-state index contributed by atoms with van der Waals surface area (Å²) in [5.74, 6) is -0.195. The van der Waals surface area contributed by atoms with Gasteiger partial charge in [-0.1, -0.05) is 0 Å². The van der Waals surface area contributed by atoms with Crippen molar-refractivity contribution in [3.63, 3.8) is 0 Å². The number of ether oxygens (including phenoxy) is 3. The van der Waals surface area contributed by atoms with Crippen molar-refractivity contribution in [2.45, 2.75) is 26.2 Å². The van der Waals surface area contributed by atoms with E-state index < -0.39 is 6.16 Å². The number of unbranched alkanes of at least 4 members (excludes halogenated alkanes) is 2. The van der Waals surface area contributed by atoms with Gasteiger partial charge < -0.3 is 14.2 Å². The van der Waals surface area contributed by atoms with Crippen LogP contribution >= 0.6 is 0 Å². The van der Waals surface area contributed by atoms with Gasteiger partial charge in [-0.15, -0.1) is 0 Å². The molecule has 0 unspecified atom stereocenters. The maximum absolute atomic E-state index is 10.9. The molecule has 15 heavy (non-hydrogen) atoms. The minimum Gasteiger partial charge on any atom is -0.466 e. The molecule has 0 amide bonds. The minimum atomic E-state index is -0.698. The second kappa shape index (κ2) is 9.30. The van der Waals surface area contributed by atoms with Crippen LogP contribution in [0.5, 0.6) is 0 Å². The van der Waals surface area contributed by atoms with E-state index in [1.165, 1.54) is 7.11 Å². The van der Waals surface area contributed by atoms with E-state index >= 15 is 0 Å². The number of carbonyl (C=O) groups is 2. The van der Waals surface area contributed by atoms with Crippen molar-refractivity contribution in [1.82, 2.24) is 0 Å². The molecule has 0 aliphatic carbocycles. The molecular formula is C10H17O5. The summed E-state index contributed by atoms with van der Waals surface area (Å²) in [6.07, 6.45) is 2.87. The van der Waals surface area contributed by atoms with Crippen LogP contribution in [0.25, 0.3) is 0 Å². The van der Waals surface area contributed by atoms with Crippen LogP contribution in [0, 0.1) is 6.42 Å². The van der Waals surface area contributed by atoms with Crippen LogP contribution in [-0.2, 0) is 19.0 Å². The fourth-order valence-electron chi connectivity index (χ4n) is 0.893. The number of rotatable bonds is 7. The molecule has 0 aromatic rings. The average Bonchev–Trinajstić information content (AvgIpc) is 2.23. The Hall–Kier alpha value is -1.26. The van der Waals surface area contributed by atoms with Gasteiger partial charge in [-0.25, -0.2) is 4.79 Å². The summed E-state index contributed by atoms with van der Waals surface area (Å²) in [5.41, 5.74) is 0. The molecule has 0 atom stereocenters. The second-order valence-corrected chi connectivity index (χ2v) is 2.75. The predicted molar refractivity (Wildman–Crippen MR) is 53.1 cm³/mol. The Morgan fingerprint density at radius 1 is 1.27 bits per heavy atom. The number of hydrogen-bond donors (Lipinski definition) is 0. The van der Waals surface area contributed by atoms with Crippen LogP contribution < -0.4 is 0 Å². The quantitative estimate of drug-likeness (QED) is 0.480. The molecule has 0 fully saturated rings. The lowest BCUT2D eigenvalue weighted by molar-refractivity contribution is -0.143. The van der Waals surface area contributed by atoms with E-state index in [4.69, 9.17) is 4.74 Å². The molecule has 0 rings (SSSR count). The van der Waals surface area contributed by atoms with Gasteiger partial charge in [0.2, 0.25) is 0 Å². The molecule has 0 spiro atoms. The summed E-state index contributed by atoms with van der Waals surface area (Å²) in [5, 5.41) is 0. The van der Waals surface area contributed by atoms with Crippen molar-refractivity contribution < 1.29 is 23.8 Å². The first-order valence-electron chi connectivity index (χ1n) is 4.88. The Labute approximate surface area is 89.7 Å². The maximum Gasteiger partial charge on any atom is 0.507 e. The first kappa shape index (κ1) is 13.7. The van der Waals surface area contributed by atoms with E-state index in [1.54, 1.807) is 13.3 Å². The third kappa shape index (κ3) is 9.05. The van der Waals surface area contributed by atoms with Gasteiger partial charge in [-0.05, 0) is 26.2 Å². The molecule has 5 nitrogen and oxygen atoms in total. The molecule has 1 radical (unpaired) electrons. The monoisotopic (exact) mass is 217 g/mol. The molecule has 0 aliphatic heterocycles. The van der Waals surface area contributed by atoms with Crippen molar-refractivity contribution in [1.29, 1.82) is 0 Å². The lowest BCUT2D eigenvalue weighted by Gasteiger charge is -2.03. The lowest BCUT2D eigenvalue weighted by atomic mass is 10.2. The van der Waals surface area contributed by atoms with Gasteiger partial charge in [-0.3, -0.25) is 4.79 Å². The van der Waals surface area contributed by atoms with Crippen molar-refractivity contribution >= 4 is 12.1 Å². The Balaban J connectivity index is 3.18. The predicted octanol–water partition coefficient (Wildman–Crippen LogP) is 1.71. The van der Waals surface area contributed by atoms with E-state index in [0.717, 1.165) is 0 Å². The first-order valence-corrected chi connectivity index (χ1v) is 4.88. The molecule has 0 aromatic heterocycles. The smallest absolute Gasteiger partial charge is 0.466 e. The number of methoxy groups -OCH3 is 1. The van der Waals surface area contributed by atoms with E-state index in [-0.39, 0.29) is 12.6 Å². The zero-order valence-corrected chi connectivity index (χ0v) is 9.15. The fraction of sp³-hybridized carbons (Fsp3) is 0.700. The van der Waals surface area contributed by atoms with Gasteiger partial charge in [-0.2, -0.15) is 0 Å². The zero-order chi connectivity index (χ0) is 11.5. The molecule has 0 heterocycles. The van der Waals surface area contributed by atoms with Gasteiger partial charge in [0.15, 0.2) is 0 Å². The van der Waals surface area contributed by atoms with Crippen molar-refractivity contribution in [2.24, 2.45) is 0 Å². The molecule has 0 saturated heterocycles. The van der Waals surface area contributed by atoms with Crippen LogP contribution in [0.1, 0.15) is 26.2 Å². The maximum atomic E-state index is 10.9. The molecule has 0 N–H and O–H groups in total. The van der Waals surface area contributed by atoms with Crippen LogP contribution in [0.4, 0.5) is 4.79 Å². The molecular weight excluding hydrogens is 200 g/mol. The van der Waals surface area contributed by atoms with Gasteiger partial charge in [0, 0.05) is 6.42 Å². The third-order valence-corrected chi connectivity index (χ3v) is 1.58. The summed E-state index contributed by atoms with van der Waals surface area (Å²) in [6.45, 7) is 2.39. The van der Waals surface area contributed by atoms with Gasteiger partial charge >= 0.3 is 12.1 Å². The highest BCUT2D eigenvalue weighted by atomic mass is 16.7. The standard InChI is InChI=1S/C10H17O5/c1-3-14-9(11)7-5-4-6-8-15-10(12)13-2/h6H,3-5,7-8H2,1-2H3. The molecule has 0 saturated carbocycles. The third-order valence-electron chi connectivity index (χ3n) is 1.58. The number of carbonyl (C=O) groups excluding carboxylic acids is 2. The first-order chi connectivity index (χ1) is 7.20. The summed E-state index contributed by atoms with van der Waals surface area (Å²) < 4.78 is 13.6. The van der Waals surface area contributed by atoms with E-state index in [2.05, 4.69) is 9.47 Å². The molecule has 0 aliphatic rings. The van der Waals surface area contributed by atoms with E-state index in [9.17, 15) is 9.59 Å². The molecule has 0 bridgehead atoms. The van der Waals surface area contributed by atoms with Gasteiger partial charge in [0.05, 0.1) is 20.3 Å². The number of esters is 1. The lowest BCUT2D eigenvalue weighted by Crippen LogP contribution is -2.06. The Morgan fingerprint density at radius 2 is 2.00 bits per heavy atom. The normalized spacial score (nSPS) is 9.47. The van der Waals surface area contributed by atoms with Crippen molar-refractivity contribution in [2.75, 3.05) is 20.3 Å². The SMILES string of the molecule is CCOC(=O)CCC[CH]COC(=O)OC. The van der Waals surface area contributed by atoms with Crippen molar-refractivity contribution in [3.8, 4) is 0 Å².